The summed E-state index contributed by atoms with van der Waals surface area (Å²) in [5.41, 5.74) is 1.14. The van der Waals surface area contributed by atoms with Crippen molar-refractivity contribution in [2.75, 3.05) is 16.8 Å². The van der Waals surface area contributed by atoms with Crippen LogP contribution in [-0.4, -0.2) is 18.5 Å². The van der Waals surface area contributed by atoms with Crippen molar-refractivity contribution in [3.05, 3.63) is 59.9 Å². The highest BCUT2D eigenvalue weighted by molar-refractivity contribution is 6.01. The standard InChI is InChI=1S/C17H14FN3O/c18-14-7-4-8-15(13(14)11-19)20-16-9-10-21(17(16)22)12-5-2-1-3-6-12/h1-8,16,20H,9-10H2. The lowest BCUT2D eigenvalue weighted by atomic mass is 10.1. The molecule has 2 aromatic rings. The maximum Gasteiger partial charge on any atom is 0.249 e. The number of carbonyl (C=O) groups excluding carboxylic acids is 1. The Morgan fingerprint density at radius 2 is 1.95 bits per heavy atom. The van der Waals surface area contributed by atoms with Crippen LogP contribution in [0.3, 0.4) is 0 Å². The number of nitrogens with one attached hydrogen (secondary N) is 1. The van der Waals surface area contributed by atoms with Gasteiger partial charge in [0.25, 0.3) is 0 Å². The van der Waals surface area contributed by atoms with Crippen molar-refractivity contribution >= 4 is 17.3 Å². The van der Waals surface area contributed by atoms with Crippen LogP contribution < -0.4 is 10.2 Å². The van der Waals surface area contributed by atoms with E-state index in [1.165, 1.54) is 12.1 Å². The fourth-order valence-corrected chi connectivity index (χ4v) is 2.62. The molecular weight excluding hydrogens is 281 g/mol. The number of hydrogen-bond donors (Lipinski definition) is 1. The summed E-state index contributed by atoms with van der Waals surface area (Å²) < 4.78 is 13.6. The van der Waals surface area contributed by atoms with E-state index < -0.39 is 11.9 Å². The maximum atomic E-state index is 13.6. The van der Waals surface area contributed by atoms with E-state index in [2.05, 4.69) is 5.32 Å². The molecule has 1 unspecified atom stereocenters. The van der Waals surface area contributed by atoms with Crippen molar-refractivity contribution < 1.29 is 9.18 Å². The molecular formula is C17H14FN3O. The van der Waals surface area contributed by atoms with Crippen molar-refractivity contribution in [2.45, 2.75) is 12.5 Å². The van der Waals surface area contributed by atoms with Crippen LogP contribution in [0.2, 0.25) is 0 Å². The largest absolute Gasteiger partial charge is 0.372 e. The monoisotopic (exact) mass is 295 g/mol. The maximum absolute atomic E-state index is 13.6. The zero-order valence-corrected chi connectivity index (χ0v) is 11.8. The zero-order valence-electron chi connectivity index (χ0n) is 11.8. The summed E-state index contributed by atoms with van der Waals surface area (Å²) in [4.78, 5) is 14.2. The number of benzene rings is 2. The van der Waals surface area contributed by atoms with E-state index in [1.807, 2.05) is 36.4 Å². The Labute approximate surface area is 127 Å². The highest BCUT2D eigenvalue weighted by Crippen LogP contribution is 2.25. The van der Waals surface area contributed by atoms with Gasteiger partial charge >= 0.3 is 0 Å². The predicted molar refractivity (Wildman–Crippen MR) is 81.9 cm³/mol. The van der Waals surface area contributed by atoms with Gasteiger partial charge < -0.3 is 10.2 Å². The van der Waals surface area contributed by atoms with E-state index in [1.54, 1.807) is 11.0 Å². The SMILES string of the molecule is N#Cc1c(F)cccc1NC1CCN(c2ccccc2)C1=O. The van der Waals surface area contributed by atoms with Crippen LogP contribution in [0.25, 0.3) is 0 Å². The van der Waals surface area contributed by atoms with Gasteiger partial charge in [-0.05, 0) is 30.7 Å². The Kier molecular flexibility index (Phi) is 3.75. The lowest BCUT2D eigenvalue weighted by molar-refractivity contribution is -0.117. The van der Waals surface area contributed by atoms with Crippen molar-refractivity contribution in [1.29, 1.82) is 5.26 Å². The van der Waals surface area contributed by atoms with E-state index in [-0.39, 0.29) is 11.5 Å². The first kappa shape index (κ1) is 14.1. The molecule has 1 atom stereocenters. The number of para-hydroxylation sites is 1. The molecule has 3 rings (SSSR count). The summed E-state index contributed by atoms with van der Waals surface area (Å²) in [6.45, 7) is 0.595. The average molecular weight is 295 g/mol. The summed E-state index contributed by atoms with van der Waals surface area (Å²) in [6.07, 6.45) is 0.606. The van der Waals surface area contributed by atoms with Crippen LogP contribution >= 0.6 is 0 Å². The van der Waals surface area contributed by atoms with Crippen LogP contribution in [0.5, 0.6) is 0 Å². The van der Waals surface area contributed by atoms with Crippen LogP contribution in [0.1, 0.15) is 12.0 Å². The van der Waals surface area contributed by atoms with Gasteiger partial charge in [-0.2, -0.15) is 5.26 Å². The van der Waals surface area contributed by atoms with Crippen LogP contribution in [0, 0.1) is 17.1 Å². The fraction of sp³-hybridized carbons (Fsp3) is 0.176. The van der Waals surface area contributed by atoms with Gasteiger partial charge in [-0.25, -0.2) is 4.39 Å². The van der Waals surface area contributed by atoms with E-state index in [9.17, 15) is 9.18 Å². The Bertz CT molecular complexity index is 739. The third kappa shape index (κ3) is 2.51. The number of nitriles is 1. The normalized spacial score (nSPS) is 17.4. The minimum absolute atomic E-state index is 0.0616. The molecule has 0 spiro atoms. The van der Waals surface area contributed by atoms with Crippen molar-refractivity contribution in [1.82, 2.24) is 0 Å². The van der Waals surface area contributed by atoms with Crippen LogP contribution in [0.4, 0.5) is 15.8 Å². The number of halogens is 1. The van der Waals surface area contributed by atoms with Gasteiger partial charge in [0.05, 0.1) is 5.69 Å². The van der Waals surface area contributed by atoms with Gasteiger partial charge in [0.1, 0.15) is 23.5 Å². The molecule has 0 saturated carbocycles. The molecule has 0 radical (unpaired) electrons. The first-order valence-electron chi connectivity index (χ1n) is 7.02. The van der Waals surface area contributed by atoms with Gasteiger partial charge in [0.15, 0.2) is 0 Å². The lowest BCUT2D eigenvalue weighted by Crippen LogP contribution is -2.33. The molecule has 0 bridgehead atoms. The Morgan fingerprint density at radius 1 is 1.18 bits per heavy atom. The van der Waals surface area contributed by atoms with Gasteiger partial charge in [-0.3, -0.25) is 4.79 Å². The van der Waals surface area contributed by atoms with E-state index in [4.69, 9.17) is 5.26 Å². The van der Waals surface area contributed by atoms with Crippen molar-refractivity contribution in [3.8, 4) is 6.07 Å². The summed E-state index contributed by atoms with van der Waals surface area (Å²) in [5.74, 6) is -0.655. The average Bonchev–Trinajstić information content (AvgIpc) is 2.89. The molecule has 0 aromatic heterocycles. The molecule has 1 aliphatic rings. The second kappa shape index (κ2) is 5.86. The van der Waals surface area contributed by atoms with Crippen molar-refractivity contribution in [3.63, 3.8) is 0 Å². The summed E-state index contributed by atoms with van der Waals surface area (Å²) in [6, 6.07) is 15.2. The second-order valence-corrected chi connectivity index (χ2v) is 5.09. The minimum Gasteiger partial charge on any atom is -0.372 e. The third-order valence-corrected chi connectivity index (χ3v) is 3.73. The molecule has 0 aliphatic carbocycles. The quantitative estimate of drug-likeness (QED) is 0.947. The number of anilines is 2. The van der Waals surface area contributed by atoms with E-state index in [0.29, 0.717) is 18.7 Å². The number of carbonyl (C=O) groups is 1. The first-order valence-corrected chi connectivity index (χ1v) is 7.02. The van der Waals surface area contributed by atoms with Gasteiger partial charge in [0.2, 0.25) is 5.91 Å². The zero-order chi connectivity index (χ0) is 15.5. The van der Waals surface area contributed by atoms with Crippen LogP contribution in [-0.2, 0) is 4.79 Å². The molecule has 1 amide bonds. The molecule has 4 nitrogen and oxygen atoms in total. The molecule has 1 N–H and O–H groups in total. The summed E-state index contributed by atoms with van der Waals surface area (Å²) in [5, 5.41) is 12.0. The fourth-order valence-electron chi connectivity index (χ4n) is 2.62. The van der Waals surface area contributed by atoms with Crippen LogP contribution in [0.15, 0.2) is 48.5 Å². The molecule has 1 fully saturated rings. The highest BCUT2D eigenvalue weighted by Gasteiger charge is 2.32. The number of hydrogen-bond acceptors (Lipinski definition) is 3. The third-order valence-electron chi connectivity index (χ3n) is 3.73. The smallest absolute Gasteiger partial charge is 0.249 e. The second-order valence-electron chi connectivity index (χ2n) is 5.09. The number of nitrogens with zero attached hydrogens (tertiary/aromatic N) is 2. The molecule has 1 heterocycles. The Balaban J connectivity index is 1.80. The summed E-state index contributed by atoms with van der Waals surface area (Å²) >= 11 is 0. The van der Waals surface area contributed by atoms with Gasteiger partial charge in [-0.15, -0.1) is 0 Å². The van der Waals surface area contributed by atoms with E-state index >= 15 is 0 Å². The molecule has 2 aromatic carbocycles. The molecule has 22 heavy (non-hydrogen) atoms. The molecule has 1 aliphatic heterocycles. The first-order chi connectivity index (χ1) is 10.7. The molecule has 1 saturated heterocycles. The topological polar surface area (TPSA) is 56.1 Å². The highest BCUT2D eigenvalue weighted by atomic mass is 19.1. The van der Waals surface area contributed by atoms with E-state index in [0.717, 1.165) is 5.69 Å². The molecule has 5 heteroatoms. The lowest BCUT2D eigenvalue weighted by Gasteiger charge is -2.18. The number of amides is 1. The predicted octanol–water partition coefficient (Wildman–Crippen LogP) is 2.91. The number of rotatable bonds is 3. The molecule has 110 valence electrons. The van der Waals surface area contributed by atoms with Gasteiger partial charge in [0, 0.05) is 12.2 Å². The Morgan fingerprint density at radius 3 is 2.68 bits per heavy atom. The minimum atomic E-state index is -0.585. The Hall–Kier alpha value is -2.87. The summed E-state index contributed by atoms with van der Waals surface area (Å²) in [7, 11) is 0. The van der Waals surface area contributed by atoms with Crippen molar-refractivity contribution in [2.24, 2.45) is 0 Å². The van der Waals surface area contributed by atoms with Gasteiger partial charge in [-0.1, -0.05) is 24.3 Å².